The fourth-order valence-electron chi connectivity index (χ4n) is 7.81. The predicted octanol–water partition coefficient (Wildman–Crippen LogP) is 14.8. The Balaban J connectivity index is 0.000000500. The Labute approximate surface area is 313 Å². The van der Waals surface area contributed by atoms with Gasteiger partial charge in [0.2, 0.25) is 0 Å². The minimum absolute atomic E-state index is 0.115. The molecule has 0 aliphatic carbocycles. The molecule has 0 atom stereocenters. The first-order valence-electron chi connectivity index (χ1n) is 21.4. The SMILES string of the molecule is CCCCCC(C)(C)c1nc(C(C)(C)CCC)[nH]c1C(C)(CC)CC.CCCCCC(C)(C)c1nc(C(C)(C)CCC)[nH]c1C(C)(CC)CC. The minimum atomic E-state index is 0.115. The second-order valence-corrected chi connectivity index (χ2v) is 19.1. The molecule has 0 saturated heterocycles. The quantitative estimate of drug-likeness (QED) is 0.120. The van der Waals surface area contributed by atoms with Gasteiger partial charge in [0.05, 0.1) is 11.4 Å². The summed E-state index contributed by atoms with van der Waals surface area (Å²) < 4.78 is 0. The second kappa shape index (κ2) is 19.5. The Morgan fingerprint density at radius 2 is 0.680 bits per heavy atom. The maximum absolute atomic E-state index is 5.26. The van der Waals surface area contributed by atoms with E-state index in [-0.39, 0.29) is 32.5 Å². The van der Waals surface area contributed by atoms with Crippen molar-refractivity contribution in [1.82, 2.24) is 19.9 Å². The molecule has 4 heteroatoms. The van der Waals surface area contributed by atoms with Crippen molar-refractivity contribution in [3.8, 4) is 0 Å². The first-order chi connectivity index (χ1) is 23.1. The average Bonchev–Trinajstić information content (AvgIpc) is 3.73. The number of unbranched alkanes of at least 4 members (excludes halogenated alkanes) is 4. The zero-order chi connectivity index (χ0) is 38.6. The highest BCUT2D eigenvalue weighted by Crippen LogP contribution is 2.43. The van der Waals surface area contributed by atoms with E-state index in [1.807, 2.05) is 0 Å². The van der Waals surface area contributed by atoms with Gasteiger partial charge in [-0.25, -0.2) is 9.97 Å². The van der Waals surface area contributed by atoms with Gasteiger partial charge in [0.25, 0.3) is 0 Å². The van der Waals surface area contributed by atoms with Crippen LogP contribution in [0.2, 0.25) is 0 Å². The van der Waals surface area contributed by atoms with Crippen LogP contribution in [0.3, 0.4) is 0 Å². The number of hydrogen-bond acceptors (Lipinski definition) is 2. The average molecular weight is 697 g/mol. The number of aromatic amines is 2. The largest absolute Gasteiger partial charge is 0.345 e. The summed E-state index contributed by atoms with van der Waals surface area (Å²) in [7, 11) is 0. The fourth-order valence-corrected chi connectivity index (χ4v) is 7.81. The first kappa shape index (κ1) is 46.4. The van der Waals surface area contributed by atoms with Crippen molar-refractivity contribution in [3.63, 3.8) is 0 Å². The second-order valence-electron chi connectivity index (χ2n) is 19.1. The van der Waals surface area contributed by atoms with Crippen LogP contribution in [-0.4, -0.2) is 19.9 Å². The number of hydrogen-bond donors (Lipinski definition) is 2. The van der Waals surface area contributed by atoms with Crippen LogP contribution < -0.4 is 0 Å². The summed E-state index contributed by atoms with van der Waals surface area (Å²) in [6.45, 7) is 42.1. The van der Waals surface area contributed by atoms with E-state index in [9.17, 15) is 0 Å². The summed E-state index contributed by atoms with van der Waals surface area (Å²) in [5.74, 6) is 2.38. The lowest BCUT2D eigenvalue weighted by Crippen LogP contribution is -2.28. The molecule has 2 N–H and O–H groups in total. The van der Waals surface area contributed by atoms with Crippen LogP contribution in [0.1, 0.15) is 262 Å². The number of nitrogens with zero attached hydrogens (tertiary/aromatic N) is 2. The predicted molar refractivity (Wildman–Crippen MR) is 223 cm³/mol. The van der Waals surface area contributed by atoms with Crippen molar-refractivity contribution in [2.45, 2.75) is 260 Å². The van der Waals surface area contributed by atoms with E-state index < -0.39 is 0 Å². The van der Waals surface area contributed by atoms with E-state index in [1.165, 1.54) is 111 Å². The Morgan fingerprint density at radius 3 is 0.920 bits per heavy atom. The van der Waals surface area contributed by atoms with Crippen LogP contribution in [-0.2, 0) is 32.5 Å². The number of H-pyrrole nitrogens is 2. The molecule has 2 rings (SSSR count). The molecule has 2 aromatic heterocycles. The Morgan fingerprint density at radius 1 is 0.380 bits per heavy atom. The van der Waals surface area contributed by atoms with E-state index in [4.69, 9.17) is 9.97 Å². The molecule has 4 nitrogen and oxygen atoms in total. The number of aromatic nitrogens is 4. The van der Waals surface area contributed by atoms with Crippen LogP contribution in [0.25, 0.3) is 0 Å². The molecule has 0 bridgehead atoms. The smallest absolute Gasteiger partial charge is 0.112 e. The van der Waals surface area contributed by atoms with Crippen LogP contribution in [0.15, 0.2) is 0 Å². The van der Waals surface area contributed by atoms with Gasteiger partial charge in [0.1, 0.15) is 11.6 Å². The van der Waals surface area contributed by atoms with Crippen LogP contribution >= 0.6 is 0 Å². The summed E-state index contributed by atoms with van der Waals surface area (Å²) >= 11 is 0. The highest BCUT2D eigenvalue weighted by Gasteiger charge is 2.39. The van der Waals surface area contributed by atoms with E-state index in [0.29, 0.717) is 0 Å². The van der Waals surface area contributed by atoms with Crippen molar-refractivity contribution in [2.24, 2.45) is 0 Å². The van der Waals surface area contributed by atoms with Crippen molar-refractivity contribution >= 4 is 0 Å². The van der Waals surface area contributed by atoms with Gasteiger partial charge in [-0.2, -0.15) is 0 Å². The molecule has 0 unspecified atom stereocenters. The molecule has 2 aromatic rings. The molecule has 0 radical (unpaired) electrons. The normalized spacial score (nSPS) is 13.5. The van der Waals surface area contributed by atoms with Crippen molar-refractivity contribution in [2.75, 3.05) is 0 Å². The maximum atomic E-state index is 5.26. The van der Waals surface area contributed by atoms with Gasteiger partial charge in [-0.15, -0.1) is 0 Å². The summed E-state index contributed by atoms with van der Waals surface area (Å²) in [6, 6.07) is 0. The standard InChI is InChI=1S/2C23H44N2/c2*1-10-14-15-17-21(5,6)18-19(23(9,12-3)13-4)25-20(24-18)22(7,8)16-11-2/h2*10-17H2,1-9H3,(H,24,25). The lowest BCUT2D eigenvalue weighted by Gasteiger charge is -2.32. The van der Waals surface area contributed by atoms with Gasteiger partial charge in [-0.05, 0) is 51.4 Å². The van der Waals surface area contributed by atoms with E-state index in [0.717, 1.165) is 25.7 Å². The molecular formula is C46H88N4. The van der Waals surface area contributed by atoms with Crippen molar-refractivity contribution in [3.05, 3.63) is 34.4 Å². The number of rotatable bonds is 22. The monoisotopic (exact) mass is 697 g/mol. The van der Waals surface area contributed by atoms with Gasteiger partial charge < -0.3 is 9.97 Å². The molecule has 0 fully saturated rings. The molecule has 0 aliphatic rings. The third kappa shape index (κ3) is 11.7. The molecule has 0 saturated carbocycles. The lowest BCUT2D eigenvalue weighted by atomic mass is 9.74. The molecule has 0 aromatic carbocycles. The third-order valence-corrected chi connectivity index (χ3v) is 12.9. The summed E-state index contributed by atoms with van der Waals surface area (Å²) in [6.07, 6.45) is 19.5. The van der Waals surface area contributed by atoms with Gasteiger partial charge in [-0.3, -0.25) is 0 Å². The van der Waals surface area contributed by atoms with Gasteiger partial charge in [-0.1, -0.05) is 176 Å². The molecular weight excluding hydrogens is 609 g/mol. The molecule has 2 heterocycles. The van der Waals surface area contributed by atoms with Gasteiger partial charge >= 0.3 is 0 Å². The first-order valence-corrected chi connectivity index (χ1v) is 21.4. The Kier molecular flexibility index (Phi) is 18.1. The highest BCUT2D eigenvalue weighted by molar-refractivity contribution is 5.33. The summed E-state index contributed by atoms with van der Waals surface area (Å²) in [4.78, 5) is 18.2. The van der Waals surface area contributed by atoms with Gasteiger partial charge in [0, 0.05) is 43.9 Å². The zero-order valence-corrected chi connectivity index (χ0v) is 37.2. The van der Waals surface area contributed by atoms with Crippen molar-refractivity contribution in [1.29, 1.82) is 0 Å². The highest BCUT2D eigenvalue weighted by atomic mass is 15.0. The molecule has 50 heavy (non-hydrogen) atoms. The zero-order valence-electron chi connectivity index (χ0n) is 37.2. The fraction of sp³-hybridized carbons (Fsp3) is 0.870. The molecule has 292 valence electrons. The van der Waals surface area contributed by atoms with Gasteiger partial charge in [0.15, 0.2) is 0 Å². The molecule has 0 aliphatic heterocycles. The van der Waals surface area contributed by atoms with E-state index in [1.54, 1.807) is 0 Å². The van der Waals surface area contributed by atoms with Crippen molar-refractivity contribution < 1.29 is 0 Å². The third-order valence-electron chi connectivity index (χ3n) is 12.9. The van der Waals surface area contributed by atoms with Crippen LogP contribution in [0.5, 0.6) is 0 Å². The molecule has 0 spiro atoms. The topological polar surface area (TPSA) is 57.4 Å². The Hall–Kier alpha value is -1.58. The molecule has 0 amide bonds. The summed E-state index contributed by atoms with van der Waals surface area (Å²) in [5.41, 5.74) is 6.32. The van der Waals surface area contributed by atoms with Crippen LogP contribution in [0, 0.1) is 0 Å². The number of nitrogens with one attached hydrogen (secondary N) is 2. The Bertz CT molecular complexity index is 1130. The maximum Gasteiger partial charge on any atom is 0.112 e. The van der Waals surface area contributed by atoms with Crippen LogP contribution in [0.4, 0.5) is 0 Å². The minimum Gasteiger partial charge on any atom is -0.345 e. The number of imidazole rings is 2. The van der Waals surface area contributed by atoms with E-state index >= 15 is 0 Å². The lowest BCUT2D eigenvalue weighted by molar-refractivity contribution is 0.389. The summed E-state index contributed by atoms with van der Waals surface area (Å²) in [5, 5.41) is 0. The van der Waals surface area contributed by atoms with E-state index in [2.05, 4.69) is 135 Å².